The Morgan fingerprint density at radius 2 is 1.84 bits per heavy atom. The fourth-order valence-electron chi connectivity index (χ4n) is 3.92. The SMILES string of the molecule is CCC1CCC(NC(=O)C2C(C)CCCC2N)CC1. The fourth-order valence-corrected chi connectivity index (χ4v) is 3.92. The molecule has 0 radical (unpaired) electrons. The Morgan fingerprint density at radius 3 is 2.42 bits per heavy atom. The Labute approximate surface area is 117 Å². The third-order valence-corrected chi connectivity index (χ3v) is 5.34. The van der Waals surface area contributed by atoms with Gasteiger partial charge >= 0.3 is 0 Å². The van der Waals surface area contributed by atoms with Crippen LogP contribution >= 0.6 is 0 Å². The standard InChI is InChI=1S/C16H30N2O/c1-3-12-7-9-13(10-8-12)18-16(19)15-11(2)5-4-6-14(15)17/h11-15H,3-10,17H2,1-2H3,(H,18,19). The maximum atomic E-state index is 12.4. The maximum Gasteiger partial charge on any atom is 0.225 e. The molecule has 0 heterocycles. The predicted molar refractivity (Wildman–Crippen MR) is 78.7 cm³/mol. The van der Waals surface area contributed by atoms with E-state index in [2.05, 4.69) is 19.2 Å². The zero-order chi connectivity index (χ0) is 13.8. The summed E-state index contributed by atoms with van der Waals surface area (Å²) >= 11 is 0. The van der Waals surface area contributed by atoms with E-state index in [0.29, 0.717) is 12.0 Å². The predicted octanol–water partition coefficient (Wildman–Crippen LogP) is 2.83. The molecule has 19 heavy (non-hydrogen) atoms. The molecule has 3 nitrogen and oxygen atoms in total. The van der Waals surface area contributed by atoms with Crippen molar-refractivity contribution in [3.63, 3.8) is 0 Å². The van der Waals surface area contributed by atoms with Crippen LogP contribution in [0.1, 0.15) is 65.2 Å². The highest BCUT2D eigenvalue weighted by atomic mass is 16.2. The van der Waals surface area contributed by atoms with E-state index in [0.717, 1.165) is 31.6 Å². The van der Waals surface area contributed by atoms with Crippen molar-refractivity contribution in [1.29, 1.82) is 0 Å². The first-order valence-electron chi connectivity index (χ1n) is 8.17. The molecule has 0 aromatic rings. The van der Waals surface area contributed by atoms with Gasteiger partial charge in [-0.2, -0.15) is 0 Å². The van der Waals surface area contributed by atoms with Gasteiger partial charge in [-0.1, -0.05) is 26.7 Å². The second kappa shape index (κ2) is 6.74. The molecule has 3 N–H and O–H groups in total. The number of nitrogens with two attached hydrogens (primary N) is 1. The minimum atomic E-state index is 0.0395. The number of hydrogen-bond donors (Lipinski definition) is 2. The second-order valence-corrected chi connectivity index (χ2v) is 6.73. The third kappa shape index (κ3) is 3.71. The average Bonchev–Trinajstić information content (AvgIpc) is 2.39. The number of rotatable bonds is 3. The lowest BCUT2D eigenvalue weighted by Crippen LogP contribution is -2.50. The topological polar surface area (TPSA) is 55.1 Å². The van der Waals surface area contributed by atoms with Crippen LogP contribution in [0, 0.1) is 17.8 Å². The molecule has 3 atom stereocenters. The van der Waals surface area contributed by atoms with E-state index in [4.69, 9.17) is 5.73 Å². The van der Waals surface area contributed by atoms with Crippen molar-refractivity contribution in [3.05, 3.63) is 0 Å². The lowest BCUT2D eigenvalue weighted by atomic mass is 9.76. The number of hydrogen-bond acceptors (Lipinski definition) is 2. The van der Waals surface area contributed by atoms with Crippen LogP contribution in [0.15, 0.2) is 0 Å². The molecule has 1 amide bonds. The van der Waals surface area contributed by atoms with Crippen molar-refractivity contribution in [1.82, 2.24) is 5.32 Å². The summed E-state index contributed by atoms with van der Waals surface area (Å²) in [6.45, 7) is 4.45. The molecule has 0 aromatic heterocycles. The Bertz CT molecular complexity index is 287. The van der Waals surface area contributed by atoms with Crippen molar-refractivity contribution < 1.29 is 4.79 Å². The van der Waals surface area contributed by atoms with Crippen molar-refractivity contribution in [2.45, 2.75) is 77.3 Å². The van der Waals surface area contributed by atoms with Crippen LogP contribution in [0.4, 0.5) is 0 Å². The highest BCUT2D eigenvalue weighted by Gasteiger charge is 2.35. The first-order valence-corrected chi connectivity index (χ1v) is 8.17. The summed E-state index contributed by atoms with van der Waals surface area (Å²) in [7, 11) is 0. The third-order valence-electron chi connectivity index (χ3n) is 5.34. The maximum absolute atomic E-state index is 12.4. The second-order valence-electron chi connectivity index (χ2n) is 6.73. The first-order chi connectivity index (χ1) is 9.11. The molecule has 0 saturated heterocycles. The number of amides is 1. The van der Waals surface area contributed by atoms with Crippen LogP contribution < -0.4 is 11.1 Å². The monoisotopic (exact) mass is 266 g/mol. The van der Waals surface area contributed by atoms with Crippen molar-refractivity contribution >= 4 is 5.91 Å². The zero-order valence-electron chi connectivity index (χ0n) is 12.5. The van der Waals surface area contributed by atoms with Gasteiger partial charge in [-0.15, -0.1) is 0 Å². The van der Waals surface area contributed by atoms with E-state index in [1.807, 2.05) is 0 Å². The molecule has 2 rings (SSSR count). The van der Waals surface area contributed by atoms with E-state index in [9.17, 15) is 4.79 Å². The molecular formula is C16H30N2O. The number of carbonyl (C=O) groups excluding carboxylic acids is 1. The lowest BCUT2D eigenvalue weighted by molar-refractivity contribution is -0.129. The molecular weight excluding hydrogens is 236 g/mol. The van der Waals surface area contributed by atoms with E-state index in [-0.39, 0.29) is 17.9 Å². The van der Waals surface area contributed by atoms with Crippen LogP contribution in [0.5, 0.6) is 0 Å². The molecule has 110 valence electrons. The van der Waals surface area contributed by atoms with Gasteiger partial charge < -0.3 is 11.1 Å². The summed E-state index contributed by atoms with van der Waals surface area (Å²) < 4.78 is 0. The van der Waals surface area contributed by atoms with Gasteiger partial charge in [0.1, 0.15) is 0 Å². The van der Waals surface area contributed by atoms with Gasteiger partial charge in [0.05, 0.1) is 5.92 Å². The highest BCUT2D eigenvalue weighted by molar-refractivity contribution is 5.80. The number of nitrogens with one attached hydrogen (secondary N) is 1. The van der Waals surface area contributed by atoms with Crippen LogP contribution in [-0.4, -0.2) is 18.0 Å². The van der Waals surface area contributed by atoms with Crippen LogP contribution in [0.2, 0.25) is 0 Å². The Morgan fingerprint density at radius 1 is 1.16 bits per heavy atom. The van der Waals surface area contributed by atoms with E-state index in [1.54, 1.807) is 0 Å². The summed E-state index contributed by atoms with van der Waals surface area (Å²) in [5.74, 6) is 1.58. The summed E-state index contributed by atoms with van der Waals surface area (Å²) in [6.07, 6.45) is 9.46. The van der Waals surface area contributed by atoms with Gasteiger partial charge in [0.25, 0.3) is 0 Å². The van der Waals surface area contributed by atoms with Gasteiger partial charge in [-0.25, -0.2) is 0 Å². The molecule has 3 heteroatoms. The zero-order valence-corrected chi connectivity index (χ0v) is 12.5. The number of carbonyl (C=O) groups is 1. The molecule has 2 aliphatic rings. The minimum Gasteiger partial charge on any atom is -0.353 e. The summed E-state index contributed by atoms with van der Waals surface area (Å²) in [5.41, 5.74) is 6.16. The van der Waals surface area contributed by atoms with Crippen molar-refractivity contribution in [2.24, 2.45) is 23.5 Å². The highest BCUT2D eigenvalue weighted by Crippen LogP contribution is 2.30. The largest absolute Gasteiger partial charge is 0.353 e. The fraction of sp³-hybridized carbons (Fsp3) is 0.938. The molecule has 0 aliphatic heterocycles. The van der Waals surface area contributed by atoms with E-state index in [1.165, 1.54) is 25.7 Å². The summed E-state index contributed by atoms with van der Waals surface area (Å²) in [4.78, 5) is 12.4. The van der Waals surface area contributed by atoms with Crippen molar-refractivity contribution in [2.75, 3.05) is 0 Å². The summed E-state index contributed by atoms with van der Waals surface area (Å²) in [5, 5.41) is 3.28. The Balaban J connectivity index is 1.83. The van der Waals surface area contributed by atoms with Gasteiger partial charge in [0.15, 0.2) is 0 Å². The molecule has 0 spiro atoms. The molecule has 2 fully saturated rings. The normalized spacial score (nSPS) is 39.8. The van der Waals surface area contributed by atoms with Gasteiger partial charge in [-0.05, 0) is 50.4 Å². The van der Waals surface area contributed by atoms with Crippen molar-refractivity contribution in [3.8, 4) is 0 Å². The molecule has 2 saturated carbocycles. The van der Waals surface area contributed by atoms with Gasteiger partial charge in [-0.3, -0.25) is 4.79 Å². The first kappa shape index (κ1) is 14.8. The lowest BCUT2D eigenvalue weighted by Gasteiger charge is -2.35. The summed E-state index contributed by atoms with van der Waals surface area (Å²) in [6, 6.07) is 0.465. The Hall–Kier alpha value is -0.570. The molecule has 0 aromatic carbocycles. The van der Waals surface area contributed by atoms with E-state index < -0.39 is 0 Å². The average molecular weight is 266 g/mol. The Kier molecular flexibility index (Phi) is 5.26. The quantitative estimate of drug-likeness (QED) is 0.825. The smallest absolute Gasteiger partial charge is 0.225 e. The van der Waals surface area contributed by atoms with Gasteiger partial charge in [0, 0.05) is 12.1 Å². The van der Waals surface area contributed by atoms with Crippen LogP contribution in [0.25, 0.3) is 0 Å². The van der Waals surface area contributed by atoms with Crippen LogP contribution in [-0.2, 0) is 4.79 Å². The van der Waals surface area contributed by atoms with E-state index >= 15 is 0 Å². The minimum absolute atomic E-state index is 0.0395. The molecule has 2 aliphatic carbocycles. The van der Waals surface area contributed by atoms with Crippen LogP contribution in [0.3, 0.4) is 0 Å². The molecule has 0 bridgehead atoms. The van der Waals surface area contributed by atoms with Gasteiger partial charge in [0.2, 0.25) is 5.91 Å². The molecule has 3 unspecified atom stereocenters.